The van der Waals surface area contributed by atoms with E-state index in [0.29, 0.717) is 5.25 Å². The number of rotatable bonds is 3. The summed E-state index contributed by atoms with van der Waals surface area (Å²) in [5, 5.41) is 5.12. The van der Waals surface area contributed by atoms with E-state index in [1.54, 1.807) is 7.11 Å². The Bertz CT molecular complexity index is 488. The summed E-state index contributed by atoms with van der Waals surface area (Å²) in [6.07, 6.45) is 2.77. The minimum atomic E-state index is 0.703. The molecule has 1 unspecified atom stereocenters. The van der Waals surface area contributed by atoms with E-state index in [2.05, 4.69) is 26.2 Å². The third-order valence-electron chi connectivity index (χ3n) is 3.23. The van der Waals surface area contributed by atoms with Gasteiger partial charge in [-0.15, -0.1) is 0 Å². The predicted molar refractivity (Wildman–Crippen MR) is 80.7 cm³/mol. The van der Waals surface area contributed by atoms with Crippen LogP contribution in [0.2, 0.25) is 0 Å². The summed E-state index contributed by atoms with van der Waals surface area (Å²) in [5.41, 5.74) is 1.05. The quantitative estimate of drug-likeness (QED) is 0.918. The summed E-state index contributed by atoms with van der Waals surface area (Å²) in [6.45, 7) is 0.967. The first-order valence-electron chi connectivity index (χ1n) is 6.08. The molecule has 1 N–H and O–H groups in total. The van der Waals surface area contributed by atoms with Gasteiger partial charge in [0, 0.05) is 10.9 Å². The number of halogens is 1. The molecule has 2 aliphatic rings. The molecular formula is C13H15BrN2OS. The number of nitrogens with zero attached hydrogens (tertiary/aromatic N) is 1. The highest BCUT2D eigenvalue weighted by molar-refractivity contribution is 9.10. The van der Waals surface area contributed by atoms with Crippen molar-refractivity contribution in [3.05, 3.63) is 22.7 Å². The van der Waals surface area contributed by atoms with Gasteiger partial charge in [-0.2, -0.15) is 0 Å². The minimum absolute atomic E-state index is 0.703. The monoisotopic (exact) mass is 326 g/mol. The lowest BCUT2D eigenvalue weighted by molar-refractivity contribution is 0.412. The van der Waals surface area contributed by atoms with E-state index >= 15 is 0 Å². The number of hydrogen-bond donors (Lipinski definition) is 1. The highest BCUT2D eigenvalue weighted by Gasteiger charge is 2.35. The number of hydrogen-bond acceptors (Lipinski definition) is 4. The lowest BCUT2D eigenvalue weighted by Gasteiger charge is -2.09. The summed E-state index contributed by atoms with van der Waals surface area (Å²) >= 11 is 5.37. The van der Waals surface area contributed by atoms with Crippen LogP contribution in [0.3, 0.4) is 0 Å². The van der Waals surface area contributed by atoms with Crippen molar-refractivity contribution < 1.29 is 4.74 Å². The molecule has 0 radical (unpaired) electrons. The zero-order valence-corrected chi connectivity index (χ0v) is 12.6. The van der Waals surface area contributed by atoms with E-state index in [4.69, 9.17) is 4.74 Å². The molecule has 1 saturated carbocycles. The molecule has 1 aromatic rings. The number of methoxy groups -OCH3 is 1. The molecule has 0 amide bonds. The van der Waals surface area contributed by atoms with Crippen LogP contribution in [-0.4, -0.2) is 24.1 Å². The molecule has 0 saturated heterocycles. The Morgan fingerprint density at radius 3 is 2.94 bits per heavy atom. The smallest absolute Gasteiger partial charge is 0.161 e. The van der Waals surface area contributed by atoms with Crippen LogP contribution < -0.4 is 10.1 Å². The molecule has 1 heterocycles. The van der Waals surface area contributed by atoms with Gasteiger partial charge in [0.15, 0.2) is 5.17 Å². The van der Waals surface area contributed by atoms with Crippen LogP contribution in [0, 0.1) is 5.92 Å². The molecule has 96 valence electrons. The van der Waals surface area contributed by atoms with Gasteiger partial charge in [-0.1, -0.05) is 11.8 Å². The molecule has 5 heteroatoms. The molecule has 18 heavy (non-hydrogen) atoms. The average Bonchev–Trinajstić information content (AvgIpc) is 3.11. The van der Waals surface area contributed by atoms with Crippen molar-refractivity contribution in [1.82, 2.24) is 0 Å². The van der Waals surface area contributed by atoms with Crippen molar-refractivity contribution in [2.45, 2.75) is 18.1 Å². The van der Waals surface area contributed by atoms with E-state index in [9.17, 15) is 0 Å². The molecular weight excluding hydrogens is 312 g/mol. The van der Waals surface area contributed by atoms with E-state index in [1.807, 2.05) is 30.0 Å². The first kappa shape index (κ1) is 12.4. The van der Waals surface area contributed by atoms with Crippen LogP contribution in [0.1, 0.15) is 12.8 Å². The molecule has 1 atom stereocenters. The second-order valence-corrected chi connectivity index (χ2v) is 6.70. The maximum Gasteiger partial charge on any atom is 0.161 e. The van der Waals surface area contributed by atoms with Crippen molar-refractivity contribution in [3.63, 3.8) is 0 Å². The number of benzene rings is 1. The van der Waals surface area contributed by atoms with Gasteiger partial charge in [-0.3, -0.25) is 4.99 Å². The summed E-state index contributed by atoms with van der Waals surface area (Å²) in [6, 6.07) is 5.98. The number of nitrogens with one attached hydrogen (secondary N) is 1. The number of anilines is 1. The number of amidine groups is 1. The molecule has 3 nitrogen and oxygen atoms in total. The molecule has 1 aromatic carbocycles. The normalized spacial score (nSPS) is 22.8. The Balaban J connectivity index is 1.64. The maximum absolute atomic E-state index is 5.22. The number of aliphatic imine (C=N–C) groups is 1. The summed E-state index contributed by atoms with van der Waals surface area (Å²) in [5.74, 6) is 1.75. The Hall–Kier alpha value is -0.680. The third kappa shape index (κ3) is 2.67. The van der Waals surface area contributed by atoms with Gasteiger partial charge in [0.05, 0.1) is 18.1 Å². The number of thioether (sulfide) groups is 1. The highest BCUT2D eigenvalue weighted by Crippen LogP contribution is 2.42. The van der Waals surface area contributed by atoms with Gasteiger partial charge >= 0.3 is 0 Å². The standard InChI is InChI=1S/C13H15BrN2OS/c1-17-11-5-4-9(6-10(11)14)16-13-15-7-12(18-13)8-2-3-8/h4-6,8,12H,2-3,7H2,1H3,(H,15,16). The fourth-order valence-corrected chi connectivity index (χ4v) is 3.81. The average molecular weight is 327 g/mol. The molecule has 1 aliphatic carbocycles. The minimum Gasteiger partial charge on any atom is -0.496 e. The van der Waals surface area contributed by atoms with Gasteiger partial charge in [0.2, 0.25) is 0 Å². The van der Waals surface area contributed by atoms with E-state index in [1.165, 1.54) is 12.8 Å². The molecule has 3 rings (SSSR count). The second-order valence-electron chi connectivity index (χ2n) is 4.61. The van der Waals surface area contributed by atoms with Crippen LogP contribution in [0.15, 0.2) is 27.7 Å². The molecule has 0 spiro atoms. The van der Waals surface area contributed by atoms with Gasteiger partial charge in [0.25, 0.3) is 0 Å². The van der Waals surface area contributed by atoms with Crippen LogP contribution in [0.5, 0.6) is 5.75 Å². The van der Waals surface area contributed by atoms with Crippen molar-refractivity contribution in [1.29, 1.82) is 0 Å². The molecule has 1 aliphatic heterocycles. The Morgan fingerprint density at radius 1 is 1.44 bits per heavy atom. The Kier molecular flexibility index (Phi) is 3.52. The zero-order valence-electron chi connectivity index (χ0n) is 10.1. The second kappa shape index (κ2) is 5.13. The maximum atomic E-state index is 5.22. The number of ether oxygens (including phenoxy) is 1. The topological polar surface area (TPSA) is 33.6 Å². The lowest BCUT2D eigenvalue weighted by Crippen LogP contribution is -2.08. The fraction of sp³-hybridized carbons (Fsp3) is 0.462. The van der Waals surface area contributed by atoms with Crippen molar-refractivity contribution in [2.24, 2.45) is 10.9 Å². The third-order valence-corrected chi connectivity index (χ3v) is 5.14. The van der Waals surface area contributed by atoms with Crippen molar-refractivity contribution >= 4 is 38.5 Å². The van der Waals surface area contributed by atoms with Gasteiger partial charge in [-0.25, -0.2) is 0 Å². The van der Waals surface area contributed by atoms with E-state index < -0.39 is 0 Å². The van der Waals surface area contributed by atoms with Crippen LogP contribution >= 0.6 is 27.7 Å². The lowest BCUT2D eigenvalue weighted by atomic mass is 10.3. The largest absolute Gasteiger partial charge is 0.496 e. The van der Waals surface area contributed by atoms with Crippen molar-refractivity contribution in [3.8, 4) is 5.75 Å². The van der Waals surface area contributed by atoms with E-state index in [-0.39, 0.29) is 0 Å². The van der Waals surface area contributed by atoms with Gasteiger partial charge in [-0.05, 0) is 52.9 Å². The summed E-state index contributed by atoms with van der Waals surface area (Å²) < 4.78 is 6.17. The van der Waals surface area contributed by atoms with Crippen LogP contribution in [0.25, 0.3) is 0 Å². The van der Waals surface area contributed by atoms with Crippen LogP contribution in [0.4, 0.5) is 5.69 Å². The first-order chi connectivity index (χ1) is 8.76. The molecule has 0 bridgehead atoms. The zero-order chi connectivity index (χ0) is 12.5. The van der Waals surface area contributed by atoms with E-state index in [0.717, 1.165) is 33.5 Å². The fourth-order valence-electron chi connectivity index (χ4n) is 2.04. The first-order valence-corrected chi connectivity index (χ1v) is 7.75. The Morgan fingerprint density at radius 2 is 2.28 bits per heavy atom. The summed E-state index contributed by atoms with van der Waals surface area (Å²) in [4.78, 5) is 4.57. The Labute approximate surface area is 120 Å². The highest BCUT2D eigenvalue weighted by atomic mass is 79.9. The van der Waals surface area contributed by atoms with Crippen LogP contribution in [-0.2, 0) is 0 Å². The van der Waals surface area contributed by atoms with Gasteiger partial charge in [0.1, 0.15) is 5.75 Å². The summed E-state index contributed by atoms with van der Waals surface area (Å²) in [7, 11) is 1.67. The predicted octanol–water partition coefficient (Wildman–Crippen LogP) is 3.75. The SMILES string of the molecule is COc1ccc(NC2=NCC(C3CC3)S2)cc1Br. The molecule has 1 fully saturated rings. The molecule has 0 aromatic heterocycles. The van der Waals surface area contributed by atoms with Gasteiger partial charge < -0.3 is 10.1 Å². The van der Waals surface area contributed by atoms with Crippen molar-refractivity contribution in [2.75, 3.05) is 19.0 Å².